The van der Waals surface area contributed by atoms with Crippen molar-refractivity contribution in [3.05, 3.63) is 65.0 Å². The molecular weight excluding hydrogens is 241 g/mol. The summed E-state index contributed by atoms with van der Waals surface area (Å²) in [5.41, 5.74) is 7.21. The number of aromatic nitrogens is 1. The van der Waals surface area contributed by atoms with Crippen LogP contribution in [0, 0.1) is 0 Å². The molecule has 0 radical (unpaired) electrons. The molecule has 0 amide bonds. The van der Waals surface area contributed by atoms with Gasteiger partial charge in [-0.2, -0.15) is 0 Å². The van der Waals surface area contributed by atoms with E-state index in [4.69, 9.17) is 0 Å². The van der Waals surface area contributed by atoms with Crippen LogP contribution in [0.1, 0.15) is 28.9 Å². The highest BCUT2D eigenvalue weighted by molar-refractivity contribution is 6.13. The van der Waals surface area contributed by atoms with E-state index < -0.39 is 0 Å². The quantitative estimate of drug-likeness (QED) is 0.691. The Balaban J connectivity index is 2.01. The second-order valence-corrected chi connectivity index (χ2v) is 5.88. The van der Waals surface area contributed by atoms with Crippen LogP contribution in [0.3, 0.4) is 0 Å². The van der Waals surface area contributed by atoms with E-state index in [9.17, 15) is 0 Å². The van der Waals surface area contributed by atoms with Gasteiger partial charge in [-0.05, 0) is 60.5 Å². The molecular formula is C18H18BN. The highest BCUT2D eigenvalue weighted by Crippen LogP contribution is 2.37. The number of benzene rings is 1. The molecule has 0 bridgehead atoms. The molecule has 1 nitrogen and oxygen atoms in total. The van der Waals surface area contributed by atoms with Gasteiger partial charge in [-0.25, -0.2) is 0 Å². The maximum atomic E-state index is 2.43. The van der Waals surface area contributed by atoms with Crippen LogP contribution in [-0.4, -0.2) is 12.4 Å². The van der Waals surface area contributed by atoms with Gasteiger partial charge >= 0.3 is 0 Å². The average molecular weight is 259 g/mol. The maximum absolute atomic E-state index is 2.43. The fourth-order valence-electron chi connectivity index (χ4n) is 3.49. The molecule has 98 valence electrons. The molecule has 2 aromatic rings. The highest BCUT2D eigenvalue weighted by atomic mass is 15.0. The van der Waals surface area contributed by atoms with Crippen molar-refractivity contribution in [1.82, 2.24) is 4.57 Å². The lowest BCUT2D eigenvalue weighted by Gasteiger charge is -2.16. The first-order valence-electron chi connectivity index (χ1n) is 7.51. The fourth-order valence-corrected chi connectivity index (χ4v) is 3.49. The topological polar surface area (TPSA) is 4.93 Å². The molecule has 2 aliphatic carbocycles. The van der Waals surface area contributed by atoms with E-state index in [1.165, 1.54) is 36.3 Å². The van der Waals surface area contributed by atoms with Gasteiger partial charge in [-0.3, -0.25) is 0 Å². The van der Waals surface area contributed by atoms with E-state index in [1.807, 2.05) is 0 Å². The molecule has 1 aromatic carbocycles. The lowest BCUT2D eigenvalue weighted by atomic mass is 9.77. The molecule has 4 rings (SSSR count). The van der Waals surface area contributed by atoms with Crippen molar-refractivity contribution in [2.24, 2.45) is 0 Å². The molecule has 0 spiro atoms. The summed E-state index contributed by atoms with van der Waals surface area (Å²) in [5.74, 6) is 0.657. The minimum atomic E-state index is 0.657. The lowest BCUT2D eigenvalue weighted by Crippen LogP contribution is -2.05. The van der Waals surface area contributed by atoms with Crippen LogP contribution in [0.2, 0.25) is 5.82 Å². The van der Waals surface area contributed by atoms with Crippen LogP contribution in [0.4, 0.5) is 0 Å². The van der Waals surface area contributed by atoms with Gasteiger partial charge in [0.25, 0.3) is 0 Å². The van der Waals surface area contributed by atoms with Crippen molar-refractivity contribution in [1.29, 1.82) is 0 Å². The van der Waals surface area contributed by atoms with Crippen molar-refractivity contribution in [3.8, 4) is 5.69 Å². The molecule has 2 aliphatic rings. The number of allylic oxidation sites excluding steroid dienone is 2. The number of fused-ring (bicyclic) bond motifs is 3. The average Bonchev–Trinajstić information content (AvgIpc) is 2.82. The van der Waals surface area contributed by atoms with E-state index in [1.54, 1.807) is 11.1 Å². The van der Waals surface area contributed by atoms with Crippen LogP contribution in [0.25, 0.3) is 17.8 Å². The molecule has 1 atom stereocenters. The first kappa shape index (κ1) is 11.8. The van der Waals surface area contributed by atoms with Gasteiger partial charge in [0.15, 0.2) is 0 Å². The standard InChI is InChI=1S/C18H18BN/c19-13-10-11-18-16(12-13)15-8-4-5-9-17(15)20(18)14-6-2-1-3-7-14/h1-3,5-7,9-11,13H,4,8,12,19H2. The van der Waals surface area contributed by atoms with Crippen molar-refractivity contribution >= 4 is 20.0 Å². The van der Waals surface area contributed by atoms with Crippen LogP contribution >= 0.6 is 0 Å². The first-order chi connectivity index (χ1) is 9.84. The lowest BCUT2D eigenvalue weighted by molar-refractivity contribution is 0.919. The fraction of sp³-hybridized carbons (Fsp3) is 0.222. The van der Waals surface area contributed by atoms with E-state index in [2.05, 4.69) is 67.0 Å². The summed E-state index contributed by atoms with van der Waals surface area (Å²) in [6, 6.07) is 10.7. The van der Waals surface area contributed by atoms with Crippen LogP contribution in [0.15, 0.2) is 42.5 Å². The van der Waals surface area contributed by atoms with Gasteiger partial charge in [0.1, 0.15) is 7.85 Å². The van der Waals surface area contributed by atoms with Crippen LogP contribution in [-0.2, 0) is 12.8 Å². The molecule has 0 N–H and O–H groups in total. The summed E-state index contributed by atoms with van der Waals surface area (Å²) in [7, 11) is 2.31. The molecule has 20 heavy (non-hydrogen) atoms. The summed E-state index contributed by atoms with van der Waals surface area (Å²) < 4.78 is 2.43. The van der Waals surface area contributed by atoms with Crippen molar-refractivity contribution < 1.29 is 0 Å². The number of hydrogen-bond donors (Lipinski definition) is 0. The van der Waals surface area contributed by atoms with Gasteiger partial charge in [0.05, 0.1) is 0 Å². The number of hydrogen-bond acceptors (Lipinski definition) is 0. The SMILES string of the molecule is BC1C=Cc2c(c3c(n2-c2ccccc2)C=CCC3)C1. The van der Waals surface area contributed by atoms with Gasteiger partial charge < -0.3 is 4.57 Å². The summed E-state index contributed by atoms with van der Waals surface area (Å²) in [6.45, 7) is 0. The first-order valence-corrected chi connectivity index (χ1v) is 7.51. The van der Waals surface area contributed by atoms with Crippen LogP contribution < -0.4 is 0 Å². The molecule has 1 aromatic heterocycles. The van der Waals surface area contributed by atoms with E-state index in [-0.39, 0.29) is 0 Å². The summed E-state index contributed by atoms with van der Waals surface area (Å²) in [5, 5.41) is 0. The monoisotopic (exact) mass is 259 g/mol. The molecule has 0 aliphatic heterocycles. The molecule has 0 saturated heterocycles. The second kappa shape index (κ2) is 4.55. The number of para-hydroxylation sites is 1. The van der Waals surface area contributed by atoms with E-state index in [0.717, 1.165) is 0 Å². The third-order valence-corrected chi connectivity index (χ3v) is 4.42. The Morgan fingerprint density at radius 1 is 1.00 bits per heavy atom. The second-order valence-electron chi connectivity index (χ2n) is 5.88. The Hall–Kier alpha value is -1.96. The van der Waals surface area contributed by atoms with Crippen molar-refractivity contribution in [2.45, 2.75) is 25.1 Å². The van der Waals surface area contributed by atoms with E-state index in [0.29, 0.717) is 5.82 Å². The predicted octanol–water partition coefficient (Wildman–Crippen LogP) is 3.43. The Bertz CT molecular complexity index is 707. The summed E-state index contributed by atoms with van der Waals surface area (Å²) in [6.07, 6.45) is 12.8. The maximum Gasteiger partial charge on any atom is 0.110 e. The van der Waals surface area contributed by atoms with Gasteiger partial charge in [0, 0.05) is 17.1 Å². The minimum Gasteiger partial charge on any atom is -0.310 e. The normalized spacial score (nSPS) is 19.7. The van der Waals surface area contributed by atoms with E-state index >= 15 is 0 Å². The zero-order valence-corrected chi connectivity index (χ0v) is 11.8. The molecule has 1 unspecified atom stereocenters. The van der Waals surface area contributed by atoms with Gasteiger partial charge in [-0.1, -0.05) is 30.4 Å². The minimum absolute atomic E-state index is 0.657. The third-order valence-electron chi connectivity index (χ3n) is 4.42. The Labute approximate surface area is 121 Å². The van der Waals surface area contributed by atoms with Crippen molar-refractivity contribution in [3.63, 3.8) is 0 Å². The summed E-state index contributed by atoms with van der Waals surface area (Å²) >= 11 is 0. The molecule has 2 heteroatoms. The Kier molecular flexibility index (Phi) is 2.69. The summed E-state index contributed by atoms with van der Waals surface area (Å²) in [4.78, 5) is 0. The Morgan fingerprint density at radius 2 is 1.80 bits per heavy atom. The zero-order valence-electron chi connectivity index (χ0n) is 11.8. The molecule has 0 saturated carbocycles. The Morgan fingerprint density at radius 3 is 2.65 bits per heavy atom. The third kappa shape index (κ3) is 1.71. The zero-order chi connectivity index (χ0) is 13.5. The predicted molar refractivity (Wildman–Crippen MR) is 88.2 cm³/mol. The highest BCUT2D eigenvalue weighted by Gasteiger charge is 2.24. The largest absolute Gasteiger partial charge is 0.310 e. The molecule has 1 heterocycles. The smallest absolute Gasteiger partial charge is 0.110 e. The molecule has 0 fully saturated rings. The number of nitrogens with zero attached hydrogens (tertiary/aromatic N) is 1. The van der Waals surface area contributed by atoms with Crippen LogP contribution in [0.5, 0.6) is 0 Å². The van der Waals surface area contributed by atoms with Gasteiger partial charge in [0.2, 0.25) is 0 Å². The van der Waals surface area contributed by atoms with Crippen molar-refractivity contribution in [2.75, 3.05) is 0 Å². The number of rotatable bonds is 1. The van der Waals surface area contributed by atoms with Gasteiger partial charge in [-0.15, -0.1) is 0 Å².